The minimum atomic E-state index is -0.300. The molecule has 1 aliphatic rings. The van der Waals surface area contributed by atoms with Gasteiger partial charge in [0.05, 0.1) is 12.2 Å². The van der Waals surface area contributed by atoms with Crippen LogP contribution in [0.5, 0.6) is 0 Å². The lowest BCUT2D eigenvalue weighted by Crippen LogP contribution is -2.28. The van der Waals surface area contributed by atoms with Gasteiger partial charge < -0.3 is 15.2 Å². The molecule has 3 aromatic rings. The quantitative estimate of drug-likeness (QED) is 0.668. The van der Waals surface area contributed by atoms with E-state index in [1.54, 1.807) is 24.4 Å². The van der Waals surface area contributed by atoms with Crippen molar-refractivity contribution in [2.75, 3.05) is 5.32 Å². The molecule has 0 radical (unpaired) electrons. The predicted molar refractivity (Wildman–Crippen MR) is 86.2 cm³/mol. The fourth-order valence-corrected chi connectivity index (χ4v) is 2.32. The van der Waals surface area contributed by atoms with E-state index in [9.17, 15) is 4.79 Å². The fourth-order valence-electron chi connectivity index (χ4n) is 2.32. The van der Waals surface area contributed by atoms with Crippen LogP contribution < -0.4 is 10.6 Å². The van der Waals surface area contributed by atoms with Crippen LogP contribution in [0.25, 0.3) is 11.5 Å². The Hall–Kier alpha value is -3.16. The molecule has 1 aliphatic carbocycles. The van der Waals surface area contributed by atoms with Crippen molar-refractivity contribution in [3.8, 4) is 11.5 Å². The number of amides is 2. The van der Waals surface area contributed by atoms with E-state index in [1.165, 1.54) is 0 Å². The zero-order valence-electron chi connectivity index (χ0n) is 12.8. The van der Waals surface area contributed by atoms with Crippen molar-refractivity contribution in [3.05, 3.63) is 48.0 Å². The van der Waals surface area contributed by atoms with Crippen molar-refractivity contribution in [3.63, 3.8) is 0 Å². The molecule has 1 fully saturated rings. The van der Waals surface area contributed by atoms with Crippen molar-refractivity contribution in [1.29, 1.82) is 0 Å². The average molecular weight is 324 g/mol. The molecule has 24 heavy (non-hydrogen) atoms. The topological polar surface area (TPSA) is 109 Å². The molecule has 1 aromatic carbocycles. The summed E-state index contributed by atoms with van der Waals surface area (Å²) in [4.78, 5) is 16.4. The van der Waals surface area contributed by atoms with Gasteiger partial charge in [0.1, 0.15) is 0 Å². The smallest absolute Gasteiger partial charge is 0.319 e. The van der Waals surface area contributed by atoms with E-state index in [1.807, 2.05) is 12.1 Å². The number of aromatic amines is 1. The predicted octanol–water partition coefficient (Wildman–Crippen LogP) is 2.66. The molecule has 0 unspecified atom stereocenters. The highest BCUT2D eigenvalue weighted by atomic mass is 16.5. The number of hydrogen-bond acceptors (Lipinski definition) is 5. The molecule has 2 amide bonds. The lowest BCUT2D eigenvalue weighted by atomic mass is 10.2. The molecule has 0 spiro atoms. The molecule has 122 valence electrons. The van der Waals surface area contributed by atoms with Crippen LogP contribution in [0.2, 0.25) is 0 Å². The van der Waals surface area contributed by atoms with Gasteiger partial charge in [0, 0.05) is 23.4 Å². The highest BCUT2D eigenvalue weighted by Crippen LogP contribution is 2.38. The van der Waals surface area contributed by atoms with E-state index in [0.717, 1.165) is 29.9 Å². The molecule has 3 N–H and O–H groups in total. The summed E-state index contributed by atoms with van der Waals surface area (Å²) in [7, 11) is 0. The number of nitrogens with one attached hydrogen (secondary N) is 3. The Morgan fingerprint density at radius 3 is 3.04 bits per heavy atom. The highest BCUT2D eigenvalue weighted by Gasteiger charge is 2.28. The molecule has 8 nitrogen and oxygen atoms in total. The third kappa shape index (κ3) is 3.27. The fraction of sp³-hybridized carbons (Fsp3) is 0.250. The monoisotopic (exact) mass is 324 g/mol. The number of nitrogens with zero attached hydrogens (tertiary/aromatic N) is 3. The summed E-state index contributed by atoms with van der Waals surface area (Å²) >= 11 is 0. The van der Waals surface area contributed by atoms with Crippen LogP contribution in [0, 0.1) is 0 Å². The summed E-state index contributed by atoms with van der Waals surface area (Å²) in [5.74, 6) is 1.68. The zero-order chi connectivity index (χ0) is 16.4. The van der Waals surface area contributed by atoms with Gasteiger partial charge in [-0.05, 0) is 37.1 Å². The Balaban J connectivity index is 1.40. The lowest BCUT2D eigenvalue weighted by molar-refractivity contribution is 0.251. The Bertz CT molecular complexity index is 838. The molecule has 2 aromatic heterocycles. The molecule has 8 heteroatoms. The number of hydrogen-bond donors (Lipinski definition) is 3. The maximum Gasteiger partial charge on any atom is 0.319 e. The number of urea groups is 1. The van der Waals surface area contributed by atoms with Gasteiger partial charge in [0.2, 0.25) is 0 Å². The van der Waals surface area contributed by atoms with E-state index in [4.69, 9.17) is 4.52 Å². The second-order valence-corrected chi connectivity index (χ2v) is 5.70. The van der Waals surface area contributed by atoms with E-state index < -0.39 is 0 Å². The third-order valence-electron chi connectivity index (χ3n) is 3.75. The SMILES string of the molecule is O=C(NCc1ccn[nH]1)Nc1cccc(-c2nc(C3CC3)no2)c1. The molecular formula is C16H16N6O2. The average Bonchev–Trinajstić information content (AvgIpc) is 3.12. The van der Waals surface area contributed by atoms with Crippen molar-refractivity contribution >= 4 is 11.7 Å². The van der Waals surface area contributed by atoms with Gasteiger partial charge >= 0.3 is 6.03 Å². The van der Waals surface area contributed by atoms with Gasteiger partial charge in [0.15, 0.2) is 5.82 Å². The summed E-state index contributed by atoms with van der Waals surface area (Å²) in [6.07, 6.45) is 3.88. The van der Waals surface area contributed by atoms with Crippen molar-refractivity contribution in [2.24, 2.45) is 0 Å². The normalized spacial score (nSPS) is 13.7. The summed E-state index contributed by atoms with van der Waals surface area (Å²) in [5.41, 5.74) is 2.26. The number of carbonyl (C=O) groups is 1. The van der Waals surface area contributed by atoms with E-state index >= 15 is 0 Å². The van der Waals surface area contributed by atoms with Crippen LogP contribution >= 0.6 is 0 Å². The second-order valence-electron chi connectivity index (χ2n) is 5.70. The number of anilines is 1. The lowest BCUT2D eigenvalue weighted by Gasteiger charge is -2.07. The first-order chi connectivity index (χ1) is 11.8. The summed E-state index contributed by atoms with van der Waals surface area (Å²) in [5, 5.41) is 16.1. The van der Waals surface area contributed by atoms with Gasteiger partial charge in [-0.3, -0.25) is 5.10 Å². The molecule has 1 saturated carbocycles. The van der Waals surface area contributed by atoms with Crippen LogP contribution in [0.4, 0.5) is 10.5 Å². The summed E-state index contributed by atoms with van der Waals surface area (Å²) < 4.78 is 5.31. The largest absolute Gasteiger partial charge is 0.334 e. The van der Waals surface area contributed by atoms with Crippen LogP contribution in [-0.4, -0.2) is 26.4 Å². The Morgan fingerprint density at radius 2 is 2.25 bits per heavy atom. The molecule has 0 bridgehead atoms. The van der Waals surface area contributed by atoms with Gasteiger partial charge in [0.25, 0.3) is 5.89 Å². The van der Waals surface area contributed by atoms with Crippen LogP contribution in [0.1, 0.15) is 30.3 Å². The molecule has 2 heterocycles. The van der Waals surface area contributed by atoms with Crippen molar-refractivity contribution in [1.82, 2.24) is 25.7 Å². The van der Waals surface area contributed by atoms with Gasteiger partial charge in [-0.25, -0.2) is 4.79 Å². The van der Waals surface area contributed by atoms with E-state index in [2.05, 4.69) is 31.0 Å². The molecule has 4 rings (SSSR count). The van der Waals surface area contributed by atoms with Crippen LogP contribution in [0.15, 0.2) is 41.1 Å². The Morgan fingerprint density at radius 1 is 1.33 bits per heavy atom. The van der Waals surface area contributed by atoms with Crippen molar-refractivity contribution in [2.45, 2.75) is 25.3 Å². The molecule has 0 saturated heterocycles. The number of H-pyrrole nitrogens is 1. The maximum atomic E-state index is 11.9. The first kappa shape index (κ1) is 14.4. The first-order valence-corrected chi connectivity index (χ1v) is 7.75. The number of aromatic nitrogens is 4. The third-order valence-corrected chi connectivity index (χ3v) is 3.75. The van der Waals surface area contributed by atoms with Crippen LogP contribution in [0.3, 0.4) is 0 Å². The van der Waals surface area contributed by atoms with Gasteiger partial charge in [-0.2, -0.15) is 10.1 Å². The highest BCUT2D eigenvalue weighted by molar-refractivity contribution is 5.89. The summed E-state index contributed by atoms with van der Waals surface area (Å²) in [6, 6.07) is 8.82. The maximum absolute atomic E-state index is 11.9. The summed E-state index contributed by atoms with van der Waals surface area (Å²) in [6.45, 7) is 0.375. The number of benzene rings is 1. The first-order valence-electron chi connectivity index (χ1n) is 7.75. The van der Waals surface area contributed by atoms with E-state index in [-0.39, 0.29) is 6.03 Å². The van der Waals surface area contributed by atoms with Gasteiger partial charge in [-0.15, -0.1) is 0 Å². The van der Waals surface area contributed by atoms with Crippen LogP contribution in [-0.2, 0) is 6.54 Å². The standard InChI is InChI=1S/C16H16N6O2/c23-16(17-9-13-6-7-18-21-13)19-12-3-1-2-11(8-12)15-20-14(22-24-15)10-4-5-10/h1-3,6-8,10H,4-5,9H2,(H,18,21)(H2,17,19,23). The Kier molecular flexibility index (Phi) is 3.70. The van der Waals surface area contributed by atoms with E-state index in [0.29, 0.717) is 24.0 Å². The second kappa shape index (κ2) is 6.15. The minimum absolute atomic E-state index is 0.300. The van der Waals surface area contributed by atoms with Crippen molar-refractivity contribution < 1.29 is 9.32 Å². The minimum Gasteiger partial charge on any atom is -0.334 e. The Labute approximate surface area is 137 Å². The number of rotatable bonds is 5. The number of carbonyl (C=O) groups excluding carboxylic acids is 1. The molecule has 0 aliphatic heterocycles. The van der Waals surface area contributed by atoms with Gasteiger partial charge in [-0.1, -0.05) is 11.2 Å². The zero-order valence-corrected chi connectivity index (χ0v) is 12.8. The molecule has 0 atom stereocenters. The molecular weight excluding hydrogens is 308 g/mol.